The van der Waals surface area contributed by atoms with E-state index in [0.717, 1.165) is 12.8 Å². The number of hydrogen-bond donors (Lipinski definition) is 1. The van der Waals surface area contributed by atoms with Gasteiger partial charge in [0.05, 0.1) is 0 Å². The summed E-state index contributed by atoms with van der Waals surface area (Å²) in [5.74, 6) is 0. The summed E-state index contributed by atoms with van der Waals surface area (Å²) in [6, 6.07) is 0. The molecular formula is C6H11N. The zero-order chi connectivity index (χ0) is 5.54. The van der Waals surface area contributed by atoms with E-state index >= 15 is 0 Å². The SMILES string of the molecule is CCC=CCC=N. The molecule has 0 amide bonds. The van der Waals surface area contributed by atoms with Crippen LogP contribution in [0.4, 0.5) is 0 Å². The highest BCUT2D eigenvalue weighted by molar-refractivity contribution is 5.55. The fourth-order valence-electron chi connectivity index (χ4n) is 0.331. The molecule has 1 nitrogen and oxygen atoms in total. The van der Waals surface area contributed by atoms with Gasteiger partial charge in [0, 0.05) is 0 Å². The van der Waals surface area contributed by atoms with Gasteiger partial charge in [-0.1, -0.05) is 19.1 Å². The average Bonchev–Trinajstić information content (AvgIpc) is 1.69. The third kappa shape index (κ3) is 5.41. The zero-order valence-electron chi connectivity index (χ0n) is 4.65. The standard InChI is InChI=1S/C6H11N/c1-2-3-4-5-6-7/h3-4,6-7H,2,5H2,1H3. The minimum atomic E-state index is 0.786. The van der Waals surface area contributed by atoms with Crippen molar-refractivity contribution in [1.29, 1.82) is 5.41 Å². The molecule has 0 aromatic heterocycles. The predicted molar refractivity (Wildman–Crippen MR) is 32.8 cm³/mol. The largest absolute Gasteiger partial charge is 0.313 e. The molecule has 0 aliphatic carbocycles. The lowest BCUT2D eigenvalue weighted by atomic mass is 10.3. The molecule has 0 saturated heterocycles. The van der Waals surface area contributed by atoms with E-state index in [9.17, 15) is 0 Å². The van der Waals surface area contributed by atoms with Gasteiger partial charge in [-0.25, -0.2) is 0 Å². The molecule has 0 spiro atoms. The number of hydrogen-bond acceptors (Lipinski definition) is 1. The van der Waals surface area contributed by atoms with Crippen molar-refractivity contribution in [3.63, 3.8) is 0 Å². The molecule has 40 valence electrons. The summed E-state index contributed by atoms with van der Waals surface area (Å²) < 4.78 is 0. The molecule has 0 rings (SSSR count). The molecule has 0 fully saturated rings. The van der Waals surface area contributed by atoms with Crippen LogP contribution in [0.1, 0.15) is 19.8 Å². The van der Waals surface area contributed by atoms with Crippen LogP contribution in [0.15, 0.2) is 12.2 Å². The van der Waals surface area contributed by atoms with Gasteiger partial charge in [-0.3, -0.25) is 0 Å². The second-order valence-electron chi connectivity index (χ2n) is 1.32. The number of nitrogens with one attached hydrogen (secondary N) is 1. The van der Waals surface area contributed by atoms with E-state index in [1.165, 1.54) is 6.21 Å². The van der Waals surface area contributed by atoms with Gasteiger partial charge in [-0.15, -0.1) is 0 Å². The van der Waals surface area contributed by atoms with Crippen LogP contribution in [0, 0.1) is 5.41 Å². The number of rotatable bonds is 3. The maximum absolute atomic E-state index is 6.60. The van der Waals surface area contributed by atoms with Gasteiger partial charge >= 0.3 is 0 Å². The molecule has 1 N–H and O–H groups in total. The Morgan fingerprint density at radius 2 is 2.14 bits per heavy atom. The first-order valence-electron chi connectivity index (χ1n) is 2.55. The van der Waals surface area contributed by atoms with Crippen LogP contribution in [0.2, 0.25) is 0 Å². The quantitative estimate of drug-likeness (QED) is 0.411. The van der Waals surface area contributed by atoms with Crippen LogP contribution in [0.25, 0.3) is 0 Å². The predicted octanol–water partition coefficient (Wildman–Crippen LogP) is 1.99. The second-order valence-corrected chi connectivity index (χ2v) is 1.32. The molecule has 0 aromatic carbocycles. The van der Waals surface area contributed by atoms with E-state index in [1.54, 1.807) is 0 Å². The highest BCUT2D eigenvalue weighted by Crippen LogP contribution is 1.80. The molecule has 0 unspecified atom stereocenters. The fourth-order valence-corrected chi connectivity index (χ4v) is 0.331. The van der Waals surface area contributed by atoms with Crippen molar-refractivity contribution in [3.05, 3.63) is 12.2 Å². The average molecular weight is 97.2 g/mol. The topological polar surface area (TPSA) is 23.9 Å². The maximum Gasteiger partial charge on any atom is -0.0000187 e. The van der Waals surface area contributed by atoms with E-state index < -0.39 is 0 Å². The van der Waals surface area contributed by atoms with Crippen molar-refractivity contribution in [3.8, 4) is 0 Å². The van der Waals surface area contributed by atoms with E-state index in [0.29, 0.717) is 0 Å². The minimum absolute atomic E-state index is 0.786. The molecule has 0 aromatic rings. The van der Waals surface area contributed by atoms with Gasteiger partial charge in [0.25, 0.3) is 0 Å². The van der Waals surface area contributed by atoms with Gasteiger partial charge in [0.15, 0.2) is 0 Å². The van der Waals surface area contributed by atoms with E-state index in [2.05, 4.69) is 13.0 Å². The Bertz CT molecular complexity index is 64.6. The highest BCUT2D eigenvalue weighted by atomic mass is 14.3. The van der Waals surface area contributed by atoms with Crippen LogP contribution in [0.5, 0.6) is 0 Å². The van der Waals surface area contributed by atoms with Gasteiger partial charge in [-0.05, 0) is 19.1 Å². The summed E-state index contributed by atoms with van der Waals surface area (Å²) >= 11 is 0. The van der Waals surface area contributed by atoms with Crippen LogP contribution in [-0.4, -0.2) is 6.21 Å². The summed E-state index contributed by atoms with van der Waals surface area (Å²) in [6.45, 7) is 2.08. The molecule has 0 heterocycles. The van der Waals surface area contributed by atoms with Crippen LogP contribution in [0.3, 0.4) is 0 Å². The van der Waals surface area contributed by atoms with Crippen molar-refractivity contribution in [1.82, 2.24) is 0 Å². The van der Waals surface area contributed by atoms with Crippen molar-refractivity contribution >= 4 is 6.21 Å². The Morgan fingerprint density at radius 3 is 2.57 bits per heavy atom. The second kappa shape index (κ2) is 5.41. The van der Waals surface area contributed by atoms with Gasteiger partial charge in [0.2, 0.25) is 0 Å². The molecule has 0 aliphatic rings. The van der Waals surface area contributed by atoms with Gasteiger partial charge < -0.3 is 5.41 Å². The summed E-state index contributed by atoms with van der Waals surface area (Å²) in [7, 11) is 0. The molecule has 0 bridgehead atoms. The Hall–Kier alpha value is -0.590. The smallest absolute Gasteiger partial charge is 0.0000187 e. The monoisotopic (exact) mass is 97.1 g/mol. The van der Waals surface area contributed by atoms with Crippen molar-refractivity contribution in [2.45, 2.75) is 19.8 Å². The van der Waals surface area contributed by atoms with Crippen molar-refractivity contribution in [2.24, 2.45) is 0 Å². The zero-order valence-corrected chi connectivity index (χ0v) is 4.65. The third-order valence-corrected chi connectivity index (χ3v) is 0.656. The van der Waals surface area contributed by atoms with Crippen molar-refractivity contribution < 1.29 is 0 Å². The maximum atomic E-state index is 6.60. The molecule has 0 radical (unpaired) electrons. The lowest BCUT2D eigenvalue weighted by Crippen LogP contribution is -1.62. The van der Waals surface area contributed by atoms with Crippen LogP contribution < -0.4 is 0 Å². The van der Waals surface area contributed by atoms with Gasteiger partial charge in [0.1, 0.15) is 0 Å². The Kier molecular flexibility index (Phi) is 4.95. The molecule has 0 atom stereocenters. The first kappa shape index (κ1) is 6.41. The lowest BCUT2D eigenvalue weighted by Gasteiger charge is -1.74. The Labute approximate surface area is 44.6 Å². The summed E-state index contributed by atoms with van der Waals surface area (Å²) in [5.41, 5.74) is 0. The first-order chi connectivity index (χ1) is 3.41. The van der Waals surface area contributed by atoms with Crippen LogP contribution >= 0.6 is 0 Å². The van der Waals surface area contributed by atoms with Gasteiger partial charge in [-0.2, -0.15) is 0 Å². The Balaban J connectivity index is 2.92. The summed E-state index contributed by atoms with van der Waals surface area (Å²) in [4.78, 5) is 0. The highest BCUT2D eigenvalue weighted by Gasteiger charge is 1.64. The third-order valence-electron chi connectivity index (χ3n) is 0.656. The van der Waals surface area contributed by atoms with Crippen LogP contribution in [-0.2, 0) is 0 Å². The first-order valence-corrected chi connectivity index (χ1v) is 2.55. The Morgan fingerprint density at radius 1 is 1.43 bits per heavy atom. The molecule has 7 heavy (non-hydrogen) atoms. The lowest BCUT2D eigenvalue weighted by molar-refractivity contribution is 1.21. The van der Waals surface area contributed by atoms with E-state index in [1.807, 2.05) is 6.08 Å². The molecule has 0 aliphatic heterocycles. The molecule has 1 heteroatoms. The summed E-state index contributed by atoms with van der Waals surface area (Å²) in [6.07, 6.45) is 7.31. The summed E-state index contributed by atoms with van der Waals surface area (Å²) in [5, 5.41) is 6.60. The van der Waals surface area contributed by atoms with Crippen molar-refractivity contribution in [2.75, 3.05) is 0 Å². The molecule has 0 saturated carbocycles. The normalized spacial score (nSPS) is 9.86. The number of allylic oxidation sites excluding steroid dienone is 2. The van der Waals surface area contributed by atoms with E-state index in [4.69, 9.17) is 5.41 Å². The fraction of sp³-hybridized carbons (Fsp3) is 0.500. The molecular weight excluding hydrogens is 86.1 g/mol. The van der Waals surface area contributed by atoms with E-state index in [-0.39, 0.29) is 0 Å². The minimum Gasteiger partial charge on any atom is -0.313 e.